The third-order valence-electron chi connectivity index (χ3n) is 3.63. The van der Waals surface area contributed by atoms with Gasteiger partial charge in [0.05, 0.1) is 5.71 Å². The van der Waals surface area contributed by atoms with Crippen LogP contribution in [0.2, 0.25) is 18.1 Å². The smallest absolute Gasteiger partial charge is 0.286 e. The molecule has 0 spiro atoms. The van der Waals surface area contributed by atoms with Crippen molar-refractivity contribution in [2.75, 3.05) is 0 Å². The van der Waals surface area contributed by atoms with Crippen LogP contribution >= 0.6 is 0 Å². The van der Waals surface area contributed by atoms with E-state index in [4.69, 9.17) is 4.53 Å². The number of hydrogen-bond acceptors (Lipinski definition) is 2. The van der Waals surface area contributed by atoms with Crippen molar-refractivity contribution in [3.05, 3.63) is 35.9 Å². The van der Waals surface area contributed by atoms with Crippen molar-refractivity contribution >= 4 is 14.0 Å². The van der Waals surface area contributed by atoms with Crippen LogP contribution in [-0.4, -0.2) is 14.0 Å². The third-order valence-corrected chi connectivity index (χ3v) is 7.79. The average molecular weight is 263 g/mol. The SMILES string of the molecule is CC/C(=N\O[Si](C)(C)C(C)(C)C)c1ccccc1. The molecule has 0 amide bonds. The molecule has 0 aromatic heterocycles. The number of rotatable bonds is 4. The maximum Gasteiger partial charge on any atom is 0.286 e. The van der Waals surface area contributed by atoms with Crippen LogP contribution in [0.1, 0.15) is 39.7 Å². The molecule has 0 aliphatic rings. The zero-order valence-corrected chi connectivity index (χ0v) is 13.4. The summed E-state index contributed by atoms with van der Waals surface area (Å²) >= 11 is 0. The van der Waals surface area contributed by atoms with Gasteiger partial charge in [0, 0.05) is 0 Å². The van der Waals surface area contributed by atoms with Crippen LogP contribution in [0.5, 0.6) is 0 Å². The van der Waals surface area contributed by atoms with Crippen LogP contribution < -0.4 is 0 Å². The molecule has 0 heterocycles. The molecule has 0 saturated heterocycles. The lowest BCUT2D eigenvalue weighted by atomic mass is 10.1. The summed E-state index contributed by atoms with van der Waals surface area (Å²) in [5.41, 5.74) is 2.18. The van der Waals surface area contributed by atoms with Crippen LogP contribution in [0.3, 0.4) is 0 Å². The summed E-state index contributed by atoms with van der Waals surface area (Å²) in [7, 11) is -1.80. The van der Waals surface area contributed by atoms with Gasteiger partial charge in [-0.1, -0.05) is 58.0 Å². The molecule has 0 aliphatic carbocycles. The minimum atomic E-state index is -1.80. The molecule has 0 saturated carbocycles. The van der Waals surface area contributed by atoms with Gasteiger partial charge in [0.15, 0.2) is 0 Å². The largest absolute Gasteiger partial charge is 0.455 e. The number of oxime groups is 1. The molecule has 2 nitrogen and oxygen atoms in total. The van der Waals surface area contributed by atoms with E-state index in [1.165, 1.54) is 0 Å². The first-order chi connectivity index (χ1) is 8.28. The predicted molar refractivity (Wildman–Crippen MR) is 81.6 cm³/mol. The Morgan fingerprint density at radius 1 is 1.17 bits per heavy atom. The molecule has 0 fully saturated rings. The molecule has 100 valence electrons. The van der Waals surface area contributed by atoms with Crippen LogP contribution in [0.25, 0.3) is 0 Å². The summed E-state index contributed by atoms with van der Waals surface area (Å²) < 4.78 is 5.93. The van der Waals surface area contributed by atoms with Crippen LogP contribution in [0, 0.1) is 0 Å². The standard InChI is InChI=1S/C15H25NOSi/c1-7-14(13-11-9-8-10-12-13)16-17-18(5,6)15(2,3)4/h8-12H,7H2,1-6H3/b16-14+. The Hall–Kier alpha value is -1.09. The van der Waals surface area contributed by atoms with E-state index in [1.807, 2.05) is 18.2 Å². The minimum absolute atomic E-state index is 0.187. The molecule has 0 radical (unpaired) electrons. The van der Waals surface area contributed by atoms with E-state index in [9.17, 15) is 0 Å². The number of benzene rings is 1. The first-order valence-electron chi connectivity index (χ1n) is 6.58. The van der Waals surface area contributed by atoms with Crippen molar-refractivity contribution in [3.63, 3.8) is 0 Å². The van der Waals surface area contributed by atoms with Gasteiger partial charge in [0.1, 0.15) is 0 Å². The highest BCUT2D eigenvalue weighted by Crippen LogP contribution is 2.36. The molecular weight excluding hydrogens is 238 g/mol. The quantitative estimate of drug-likeness (QED) is 0.433. The molecule has 18 heavy (non-hydrogen) atoms. The molecule has 0 bridgehead atoms. The second-order valence-corrected chi connectivity index (χ2v) is 10.8. The maximum atomic E-state index is 5.93. The summed E-state index contributed by atoms with van der Waals surface area (Å²) in [5.74, 6) is 0. The number of hydrogen-bond donors (Lipinski definition) is 0. The second kappa shape index (κ2) is 5.70. The summed E-state index contributed by atoms with van der Waals surface area (Å²) in [6.45, 7) is 13.2. The predicted octanol–water partition coefficient (Wildman–Crippen LogP) is 4.82. The fourth-order valence-corrected chi connectivity index (χ4v) is 1.87. The molecule has 1 aromatic carbocycles. The van der Waals surface area contributed by atoms with Gasteiger partial charge in [-0.25, -0.2) is 0 Å². The topological polar surface area (TPSA) is 21.6 Å². The van der Waals surface area contributed by atoms with E-state index in [-0.39, 0.29) is 5.04 Å². The summed E-state index contributed by atoms with van der Waals surface area (Å²) in [5, 5.41) is 4.62. The van der Waals surface area contributed by atoms with Crippen molar-refractivity contribution in [2.45, 2.75) is 52.2 Å². The zero-order valence-electron chi connectivity index (χ0n) is 12.4. The van der Waals surface area contributed by atoms with Crippen LogP contribution in [-0.2, 0) is 4.53 Å². The zero-order chi connectivity index (χ0) is 13.8. The lowest BCUT2D eigenvalue weighted by molar-refractivity contribution is 0.307. The highest BCUT2D eigenvalue weighted by molar-refractivity contribution is 6.74. The van der Waals surface area contributed by atoms with Crippen molar-refractivity contribution in [2.24, 2.45) is 5.16 Å². The highest BCUT2D eigenvalue weighted by atomic mass is 28.4. The molecule has 0 unspecified atom stereocenters. The van der Waals surface area contributed by atoms with E-state index in [2.05, 4.69) is 58.1 Å². The Morgan fingerprint density at radius 3 is 2.17 bits per heavy atom. The van der Waals surface area contributed by atoms with Gasteiger partial charge in [-0.2, -0.15) is 0 Å². The number of nitrogens with zero attached hydrogens (tertiary/aromatic N) is 1. The Labute approximate surface area is 112 Å². The molecule has 0 N–H and O–H groups in total. The van der Waals surface area contributed by atoms with Gasteiger partial charge in [-0.15, -0.1) is 5.16 Å². The second-order valence-electron chi connectivity index (χ2n) is 6.11. The van der Waals surface area contributed by atoms with Gasteiger partial charge in [0.25, 0.3) is 8.32 Å². The lowest BCUT2D eigenvalue weighted by Gasteiger charge is -2.33. The first-order valence-corrected chi connectivity index (χ1v) is 9.49. The van der Waals surface area contributed by atoms with E-state index in [0.717, 1.165) is 17.7 Å². The molecule has 1 rings (SSSR count). The first kappa shape index (κ1) is 15.0. The lowest BCUT2D eigenvalue weighted by Crippen LogP contribution is -2.39. The Morgan fingerprint density at radius 2 is 1.72 bits per heavy atom. The van der Waals surface area contributed by atoms with E-state index in [0.29, 0.717) is 0 Å². The monoisotopic (exact) mass is 263 g/mol. The van der Waals surface area contributed by atoms with Gasteiger partial charge < -0.3 is 4.53 Å². The minimum Gasteiger partial charge on any atom is -0.455 e. The summed E-state index contributed by atoms with van der Waals surface area (Å²) in [6.07, 6.45) is 0.888. The van der Waals surface area contributed by atoms with E-state index in [1.54, 1.807) is 0 Å². The fraction of sp³-hybridized carbons (Fsp3) is 0.533. The molecular formula is C15H25NOSi. The molecule has 0 atom stereocenters. The molecule has 0 aliphatic heterocycles. The van der Waals surface area contributed by atoms with Crippen molar-refractivity contribution in [3.8, 4) is 0 Å². The van der Waals surface area contributed by atoms with Crippen LogP contribution in [0.4, 0.5) is 0 Å². The van der Waals surface area contributed by atoms with E-state index >= 15 is 0 Å². The summed E-state index contributed by atoms with van der Waals surface area (Å²) in [6, 6.07) is 10.2. The van der Waals surface area contributed by atoms with Crippen molar-refractivity contribution in [1.82, 2.24) is 0 Å². The maximum absolute atomic E-state index is 5.93. The fourth-order valence-electron chi connectivity index (χ4n) is 1.26. The molecule has 3 heteroatoms. The van der Waals surface area contributed by atoms with Gasteiger partial charge in [-0.3, -0.25) is 0 Å². The Kier molecular flexibility index (Phi) is 4.74. The summed E-state index contributed by atoms with van der Waals surface area (Å²) in [4.78, 5) is 0. The van der Waals surface area contributed by atoms with Gasteiger partial charge in [0.2, 0.25) is 0 Å². The molecule has 1 aromatic rings. The Bertz CT molecular complexity index is 404. The third kappa shape index (κ3) is 3.70. The van der Waals surface area contributed by atoms with Crippen molar-refractivity contribution in [1.29, 1.82) is 0 Å². The van der Waals surface area contributed by atoms with Crippen LogP contribution in [0.15, 0.2) is 35.5 Å². The van der Waals surface area contributed by atoms with E-state index < -0.39 is 8.32 Å². The highest BCUT2D eigenvalue weighted by Gasteiger charge is 2.39. The normalized spacial score (nSPS) is 13.6. The van der Waals surface area contributed by atoms with Gasteiger partial charge in [-0.05, 0) is 30.1 Å². The van der Waals surface area contributed by atoms with Crippen molar-refractivity contribution < 1.29 is 4.53 Å². The van der Waals surface area contributed by atoms with Gasteiger partial charge >= 0.3 is 0 Å². The Balaban J connectivity index is 2.89. The average Bonchev–Trinajstić information content (AvgIpc) is 2.29.